The Kier molecular flexibility index (Phi) is 4.33. The van der Waals surface area contributed by atoms with Crippen molar-refractivity contribution in [1.82, 2.24) is 5.32 Å². The van der Waals surface area contributed by atoms with E-state index >= 15 is 0 Å². The second-order valence-electron chi connectivity index (χ2n) is 4.10. The quantitative estimate of drug-likeness (QED) is 0.816. The van der Waals surface area contributed by atoms with Crippen molar-refractivity contribution in [2.24, 2.45) is 0 Å². The molecule has 86 valence electrons. The van der Waals surface area contributed by atoms with Crippen LogP contribution in [-0.2, 0) is 0 Å². The Morgan fingerprint density at radius 1 is 1.50 bits per heavy atom. The van der Waals surface area contributed by atoms with Gasteiger partial charge in [-0.3, -0.25) is 5.32 Å². The molecule has 0 aliphatic rings. The van der Waals surface area contributed by atoms with Crippen LogP contribution in [0.15, 0.2) is 18.2 Å². The summed E-state index contributed by atoms with van der Waals surface area (Å²) in [5, 5.41) is 22.0. The van der Waals surface area contributed by atoms with E-state index in [1.54, 1.807) is 6.07 Å². The molecule has 0 saturated carbocycles. The van der Waals surface area contributed by atoms with Gasteiger partial charge in [0.15, 0.2) is 0 Å². The van der Waals surface area contributed by atoms with Crippen LogP contribution < -0.4 is 5.32 Å². The van der Waals surface area contributed by atoms with Crippen molar-refractivity contribution in [2.45, 2.75) is 39.3 Å². The Morgan fingerprint density at radius 2 is 2.19 bits per heavy atom. The molecule has 2 atom stereocenters. The molecule has 1 rings (SSSR count). The first-order chi connectivity index (χ1) is 7.58. The number of hydrogen-bond acceptors (Lipinski definition) is 3. The van der Waals surface area contributed by atoms with E-state index in [-0.39, 0.29) is 11.8 Å². The number of aryl methyl sites for hydroxylation is 1. The molecule has 0 heterocycles. The predicted octanol–water partition coefficient (Wildman–Crippen LogP) is 2.65. The SMILES string of the molecule is CCC(C)NC(C#N)c1cc(C)ccc1O. The Morgan fingerprint density at radius 3 is 2.75 bits per heavy atom. The number of nitrogens with zero attached hydrogens (tertiary/aromatic N) is 1. The molecule has 2 N–H and O–H groups in total. The molecule has 0 spiro atoms. The van der Waals surface area contributed by atoms with Gasteiger partial charge in [0.1, 0.15) is 11.8 Å². The van der Waals surface area contributed by atoms with Crippen LogP contribution in [0.3, 0.4) is 0 Å². The minimum Gasteiger partial charge on any atom is -0.508 e. The van der Waals surface area contributed by atoms with Crippen molar-refractivity contribution in [1.29, 1.82) is 5.26 Å². The number of rotatable bonds is 4. The number of phenols is 1. The zero-order chi connectivity index (χ0) is 12.1. The maximum atomic E-state index is 9.73. The first-order valence-corrected chi connectivity index (χ1v) is 5.53. The standard InChI is InChI=1S/C13H18N2O/c1-4-10(3)15-12(8-14)11-7-9(2)5-6-13(11)16/h5-7,10,12,15-16H,4H2,1-3H3. The number of benzene rings is 1. The van der Waals surface area contributed by atoms with Crippen LogP contribution in [0, 0.1) is 18.3 Å². The van der Waals surface area contributed by atoms with Crippen molar-refractivity contribution in [3.63, 3.8) is 0 Å². The lowest BCUT2D eigenvalue weighted by Crippen LogP contribution is -2.29. The molecule has 0 saturated heterocycles. The maximum Gasteiger partial charge on any atom is 0.125 e. The van der Waals surface area contributed by atoms with Gasteiger partial charge >= 0.3 is 0 Å². The maximum absolute atomic E-state index is 9.73. The molecular weight excluding hydrogens is 200 g/mol. The largest absolute Gasteiger partial charge is 0.508 e. The zero-order valence-corrected chi connectivity index (χ0v) is 9.99. The molecule has 0 aliphatic heterocycles. The molecule has 3 heteroatoms. The summed E-state index contributed by atoms with van der Waals surface area (Å²) in [6, 6.07) is 7.29. The number of aromatic hydroxyl groups is 1. The van der Waals surface area contributed by atoms with Gasteiger partial charge in [-0.05, 0) is 32.4 Å². The van der Waals surface area contributed by atoms with Crippen LogP contribution >= 0.6 is 0 Å². The molecule has 0 bridgehead atoms. The number of nitrogens with one attached hydrogen (secondary N) is 1. The van der Waals surface area contributed by atoms with E-state index in [1.165, 1.54) is 0 Å². The van der Waals surface area contributed by atoms with E-state index in [9.17, 15) is 5.11 Å². The fraction of sp³-hybridized carbons (Fsp3) is 0.462. The van der Waals surface area contributed by atoms with Gasteiger partial charge in [0.25, 0.3) is 0 Å². The first-order valence-electron chi connectivity index (χ1n) is 5.53. The molecule has 16 heavy (non-hydrogen) atoms. The van der Waals surface area contributed by atoms with E-state index in [2.05, 4.69) is 18.3 Å². The third-order valence-electron chi connectivity index (χ3n) is 2.69. The van der Waals surface area contributed by atoms with E-state index < -0.39 is 6.04 Å². The molecule has 0 fully saturated rings. The molecule has 3 nitrogen and oxygen atoms in total. The zero-order valence-electron chi connectivity index (χ0n) is 9.99. The molecule has 0 amide bonds. The van der Waals surface area contributed by atoms with E-state index in [0.29, 0.717) is 5.56 Å². The van der Waals surface area contributed by atoms with Crippen LogP contribution in [0.2, 0.25) is 0 Å². The van der Waals surface area contributed by atoms with Gasteiger partial charge in [0.2, 0.25) is 0 Å². The van der Waals surface area contributed by atoms with Crippen LogP contribution in [0.4, 0.5) is 0 Å². The molecule has 0 radical (unpaired) electrons. The summed E-state index contributed by atoms with van der Waals surface area (Å²) in [7, 11) is 0. The minimum atomic E-state index is -0.449. The fourth-order valence-electron chi connectivity index (χ4n) is 1.50. The van der Waals surface area contributed by atoms with Crippen LogP contribution in [0.5, 0.6) is 5.75 Å². The van der Waals surface area contributed by atoms with Crippen molar-refractivity contribution in [3.8, 4) is 11.8 Å². The summed E-state index contributed by atoms with van der Waals surface area (Å²) in [5.41, 5.74) is 1.70. The highest BCUT2D eigenvalue weighted by molar-refractivity contribution is 5.40. The second-order valence-corrected chi connectivity index (χ2v) is 4.10. The fourth-order valence-corrected chi connectivity index (χ4v) is 1.50. The highest BCUT2D eigenvalue weighted by atomic mass is 16.3. The minimum absolute atomic E-state index is 0.174. The molecule has 1 aromatic rings. The van der Waals surface area contributed by atoms with E-state index in [1.807, 2.05) is 26.0 Å². The third-order valence-corrected chi connectivity index (χ3v) is 2.69. The second kappa shape index (κ2) is 5.53. The topological polar surface area (TPSA) is 56.0 Å². The summed E-state index contributed by atoms with van der Waals surface area (Å²) in [6.45, 7) is 6.03. The Hall–Kier alpha value is -1.53. The van der Waals surface area contributed by atoms with Crippen molar-refractivity contribution >= 4 is 0 Å². The van der Waals surface area contributed by atoms with Gasteiger partial charge in [0.05, 0.1) is 6.07 Å². The van der Waals surface area contributed by atoms with E-state index in [4.69, 9.17) is 5.26 Å². The molecular formula is C13H18N2O. The average molecular weight is 218 g/mol. The lowest BCUT2D eigenvalue weighted by atomic mass is 10.0. The van der Waals surface area contributed by atoms with Crippen LogP contribution in [0.25, 0.3) is 0 Å². The first kappa shape index (κ1) is 12.5. The molecule has 0 aliphatic carbocycles. The smallest absolute Gasteiger partial charge is 0.125 e. The summed E-state index contributed by atoms with van der Waals surface area (Å²) in [5.74, 6) is 0.174. The van der Waals surface area contributed by atoms with Crippen molar-refractivity contribution < 1.29 is 5.11 Å². The van der Waals surface area contributed by atoms with Crippen LogP contribution in [0.1, 0.15) is 37.4 Å². The van der Waals surface area contributed by atoms with Gasteiger partial charge in [-0.1, -0.05) is 18.6 Å². The number of phenolic OH excluding ortho intramolecular Hbond substituents is 1. The molecule has 0 aromatic heterocycles. The van der Waals surface area contributed by atoms with Gasteiger partial charge in [-0.25, -0.2) is 0 Å². The molecule has 1 aromatic carbocycles. The summed E-state index contributed by atoms with van der Waals surface area (Å²) in [4.78, 5) is 0. The van der Waals surface area contributed by atoms with Crippen LogP contribution in [-0.4, -0.2) is 11.1 Å². The third kappa shape index (κ3) is 2.98. The number of nitriles is 1. The van der Waals surface area contributed by atoms with Crippen molar-refractivity contribution in [3.05, 3.63) is 29.3 Å². The lowest BCUT2D eigenvalue weighted by molar-refractivity contribution is 0.446. The van der Waals surface area contributed by atoms with Gasteiger partial charge in [-0.2, -0.15) is 5.26 Å². The monoisotopic (exact) mass is 218 g/mol. The Balaban J connectivity index is 2.95. The summed E-state index contributed by atoms with van der Waals surface area (Å²) < 4.78 is 0. The normalized spacial score (nSPS) is 14.1. The van der Waals surface area contributed by atoms with Gasteiger partial charge < -0.3 is 5.11 Å². The van der Waals surface area contributed by atoms with Gasteiger partial charge in [0, 0.05) is 11.6 Å². The Labute approximate surface area is 96.7 Å². The average Bonchev–Trinajstić information content (AvgIpc) is 2.29. The lowest BCUT2D eigenvalue weighted by Gasteiger charge is -2.18. The van der Waals surface area contributed by atoms with Gasteiger partial charge in [-0.15, -0.1) is 0 Å². The van der Waals surface area contributed by atoms with E-state index in [0.717, 1.165) is 12.0 Å². The highest BCUT2D eigenvalue weighted by Gasteiger charge is 2.16. The summed E-state index contributed by atoms with van der Waals surface area (Å²) >= 11 is 0. The molecule has 2 unspecified atom stereocenters. The summed E-state index contributed by atoms with van der Waals surface area (Å²) in [6.07, 6.45) is 0.949. The Bertz CT molecular complexity index is 395. The predicted molar refractivity (Wildman–Crippen MR) is 64.1 cm³/mol. The highest BCUT2D eigenvalue weighted by Crippen LogP contribution is 2.25. The van der Waals surface area contributed by atoms with Crippen molar-refractivity contribution in [2.75, 3.05) is 0 Å². The number of hydrogen-bond donors (Lipinski definition) is 2.